The van der Waals surface area contributed by atoms with Crippen molar-refractivity contribution in [1.29, 1.82) is 0 Å². The molecule has 0 bridgehead atoms. The largest absolute Gasteiger partial charge is 0.394 e. The van der Waals surface area contributed by atoms with Crippen molar-refractivity contribution < 1.29 is 17.7 Å². The van der Waals surface area contributed by atoms with Crippen LogP contribution in [0, 0.1) is 11.3 Å². The van der Waals surface area contributed by atoms with Crippen LogP contribution in [-0.4, -0.2) is 44.1 Å². The summed E-state index contributed by atoms with van der Waals surface area (Å²) in [6.45, 7) is -2.95. The summed E-state index contributed by atoms with van der Waals surface area (Å²) < 4.78 is 20.5. The highest BCUT2D eigenvalue weighted by molar-refractivity contribution is 6.30. The Morgan fingerprint density at radius 3 is 2.95 bits per heavy atom. The van der Waals surface area contributed by atoms with E-state index in [1.54, 1.807) is 0 Å². The molecule has 0 amide bonds. The number of hydrogen-bond acceptors (Lipinski definition) is 6. The van der Waals surface area contributed by atoms with Crippen molar-refractivity contribution in [3.8, 4) is 11.3 Å². The average Bonchev–Trinajstić information content (AvgIpc) is 2.63. The number of hydrogen-bond donors (Lipinski definition) is 4. The number of nitrogens with zero attached hydrogens (tertiary/aromatic N) is 1. The van der Waals surface area contributed by atoms with Crippen LogP contribution in [0.5, 0.6) is 0 Å². The Balaban J connectivity index is 2.59. The van der Waals surface area contributed by atoms with Crippen LogP contribution in [0.25, 0.3) is 0 Å². The summed E-state index contributed by atoms with van der Waals surface area (Å²) in [7, 11) is 0. The van der Waals surface area contributed by atoms with Crippen LogP contribution in [0.15, 0.2) is 21.9 Å². The first-order valence-electron chi connectivity index (χ1n) is 6.40. The molecule has 1 aromatic heterocycles. The minimum Gasteiger partial charge on any atom is -0.394 e. The Bertz CT molecular complexity index is 749. The van der Waals surface area contributed by atoms with E-state index >= 15 is 0 Å². The zero-order chi connectivity index (χ0) is 16.7. The minimum atomic E-state index is -2.95. The molecule has 0 aliphatic carbocycles. The van der Waals surface area contributed by atoms with Gasteiger partial charge in [-0.25, -0.2) is 4.79 Å². The van der Waals surface area contributed by atoms with Gasteiger partial charge in [-0.1, -0.05) is 5.92 Å². The summed E-state index contributed by atoms with van der Waals surface area (Å²) in [5, 5.41) is 21.5. The molecular formula is C11H12ClN3O5. The molecule has 20 heavy (non-hydrogen) atoms. The number of nitrogens with two attached hydrogens (primary N) is 1. The molecule has 1 aliphatic heterocycles. The van der Waals surface area contributed by atoms with E-state index in [1.807, 2.05) is 10.4 Å². The first-order valence-corrected chi connectivity index (χ1v) is 5.78. The summed E-state index contributed by atoms with van der Waals surface area (Å²) in [5.74, 6) is 2.25. The maximum atomic E-state index is 11.8. The zero-order valence-corrected chi connectivity index (χ0v) is 10.7. The third-order valence-corrected chi connectivity index (χ3v) is 3.05. The molecule has 1 fully saturated rings. The minimum absolute atomic E-state index is 0.667. The van der Waals surface area contributed by atoms with Gasteiger partial charge in [0.15, 0.2) is 11.8 Å². The Morgan fingerprint density at radius 2 is 2.40 bits per heavy atom. The molecule has 1 aliphatic rings. The molecule has 2 rings (SSSR count). The van der Waals surface area contributed by atoms with E-state index in [-0.39, 0.29) is 0 Å². The van der Waals surface area contributed by atoms with Gasteiger partial charge in [0.2, 0.25) is 0 Å². The van der Waals surface area contributed by atoms with E-state index in [1.165, 1.54) is 0 Å². The topological polar surface area (TPSA) is 131 Å². The highest BCUT2D eigenvalue weighted by Crippen LogP contribution is 2.35. The average molecular weight is 304 g/mol. The molecule has 9 heteroatoms. The van der Waals surface area contributed by atoms with Crippen LogP contribution >= 0.6 is 11.6 Å². The van der Waals surface area contributed by atoms with Gasteiger partial charge in [0.25, 0.3) is 5.56 Å². The lowest BCUT2D eigenvalue weighted by Crippen LogP contribution is -2.55. The smallest absolute Gasteiger partial charge is 0.330 e. The van der Waals surface area contributed by atoms with Crippen LogP contribution in [0.1, 0.15) is 8.97 Å². The number of aliphatic hydroxyl groups excluding tert-OH is 1. The molecule has 0 saturated carbocycles. The fraction of sp³-hybridized carbons (Fsp3) is 0.455. The van der Waals surface area contributed by atoms with Gasteiger partial charge in [-0.3, -0.25) is 14.3 Å². The van der Waals surface area contributed by atoms with Gasteiger partial charge in [-0.2, -0.15) is 0 Å². The summed E-state index contributed by atoms with van der Waals surface area (Å²) in [6, 6.07) is 1.01. The molecule has 1 saturated heterocycles. The van der Waals surface area contributed by atoms with E-state index in [4.69, 9.17) is 24.8 Å². The Labute approximate surface area is 120 Å². The number of halogens is 1. The van der Waals surface area contributed by atoms with E-state index in [0.717, 1.165) is 16.8 Å². The molecule has 4 atom stereocenters. The summed E-state index contributed by atoms with van der Waals surface area (Å²) in [4.78, 5) is 24.9. The second-order valence-corrected chi connectivity index (χ2v) is 4.34. The van der Waals surface area contributed by atoms with Gasteiger partial charge < -0.3 is 20.7 Å². The molecule has 0 aromatic carbocycles. The first kappa shape index (κ1) is 12.1. The molecule has 108 valence electrons. The zero-order valence-electron chi connectivity index (χ0n) is 11.9. The van der Waals surface area contributed by atoms with Gasteiger partial charge in [0, 0.05) is 17.6 Å². The third kappa shape index (κ3) is 2.26. The van der Waals surface area contributed by atoms with E-state index in [9.17, 15) is 19.8 Å². The van der Waals surface area contributed by atoms with Crippen molar-refractivity contribution >= 4 is 11.6 Å². The summed E-state index contributed by atoms with van der Waals surface area (Å²) in [6.07, 6.45) is -4.00. The molecule has 1 aromatic rings. The van der Waals surface area contributed by atoms with Crippen LogP contribution in [0.3, 0.4) is 0 Å². The first-order chi connectivity index (χ1) is 10.1. The molecule has 1 unspecified atom stereocenters. The monoisotopic (exact) mass is 303 g/mol. The fourth-order valence-electron chi connectivity index (χ4n) is 1.95. The quantitative estimate of drug-likeness (QED) is 0.454. The lowest BCUT2D eigenvalue weighted by molar-refractivity contribution is -0.0477. The van der Waals surface area contributed by atoms with Gasteiger partial charge >= 0.3 is 5.69 Å². The Kier molecular flexibility index (Phi) is 3.27. The second-order valence-electron chi connectivity index (χ2n) is 4.15. The van der Waals surface area contributed by atoms with Crippen molar-refractivity contribution in [2.45, 2.75) is 24.0 Å². The van der Waals surface area contributed by atoms with Crippen molar-refractivity contribution in [3.05, 3.63) is 33.1 Å². The highest BCUT2D eigenvalue weighted by Gasteiger charge is 2.54. The normalized spacial score (nSPS) is 34.9. The number of aliphatic hydroxyl groups is 2. The number of aromatic nitrogens is 2. The standard InChI is InChI=1S/C11H12ClN3O5/c12-3-2-11(13)8(18)6(5-16)20-9(11)15-4-1-7(17)14-10(15)19/h1,4,6,8-9,16,18H,5,13H2,(H,14,17,19)/t6-,8+,9-,11?/m1/s1/i5D2. The number of aromatic amines is 1. The lowest BCUT2D eigenvalue weighted by Gasteiger charge is -2.27. The van der Waals surface area contributed by atoms with E-state index in [2.05, 4.69) is 5.92 Å². The van der Waals surface area contributed by atoms with Crippen LogP contribution in [0.2, 0.25) is 0 Å². The van der Waals surface area contributed by atoms with Crippen molar-refractivity contribution in [1.82, 2.24) is 9.55 Å². The number of rotatable bonds is 2. The van der Waals surface area contributed by atoms with Gasteiger partial charge in [0.05, 0.1) is 9.30 Å². The summed E-state index contributed by atoms with van der Waals surface area (Å²) in [5.41, 5.74) is 2.37. The molecular weight excluding hydrogens is 290 g/mol. The second kappa shape index (κ2) is 5.40. The Morgan fingerprint density at radius 1 is 1.70 bits per heavy atom. The van der Waals surface area contributed by atoms with E-state index in [0.29, 0.717) is 0 Å². The lowest BCUT2D eigenvalue weighted by atomic mass is 9.92. The molecule has 0 radical (unpaired) electrons. The SMILES string of the molecule is [2H]C([2H])(O)[C@H]1O[C@@H](n2ccc(=O)[nH]c2=O)C(N)(C#CCl)[C@H]1O. The summed E-state index contributed by atoms with van der Waals surface area (Å²) >= 11 is 5.31. The van der Waals surface area contributed by atoms with Crippen LogP contribution < -0.4 is 17.0 Å². The van der Waals surface area contributed by atoms with Gasteiger partial charge in [0.1, 0.15) is 12.2 Å². The van der Waals surface area contributed by atoms with Gasteiger partial charge in [-0.05, 0) is 11.6 Å². The predicted molar refractivity (Wildman–Crippen MR) is 68.9 cm³/mol. The molecule has 8 nitrogen and oxygen atoms in total. The maximum Gasteiger partial charge on any atom is 0.330 e. The predicted octanol–water partition coefficient (Wildman–Crippen LogP) is -2.32. The van der Waals surface area contributed by atoms with Gasteiger partial charge in [-0.15, -0.1) is 0 Å². The van der Waals surface area contributed by atoms with E-state index < -0.39 is 41.8 Å². The van der Waals surface area contributed by atoms with Crippen LogP contribution in [-0.2, 0) is 4.74 Å². The fourth-order valence-corrected chi connectivity index (χ4v) is 2.11. The Hall–Kier alpha value is -1.63. The van der Waals surface area contributed by atoms with Crippen molar-refractivity contribution in [2.24, 2.45) is 5.73 Å². The highest BCUT2D eigenvalue weighted by atomic mass is 35.5. The third-order valence-electron chi connectivity index (χ3n) is 2.96. The maximum absolute atomic E-state index is 11.8. The number of ether oxygens (including phenoxy) is 1. The number of H-pyrrole nitrogens is 1. The van der Waals surface area contributed by atoms with Crippen molar-refractivity contribution in [2.75, 3.05) is 6.56 Å². The molecule has 2 heterocycles. The molecule has 5 N–H and O–H groups in total. The number of nitrogens with one attached hydrogen (secondary N) is 1. The van der Waals surface area contributed by atoms with Crippen LogP contribution in [0.4, 0.5) is 0 Å². The molecule has 0 spiro atoms. The van der Waals surface area contributed by atoms with Crippen molar-refractivity contribution in [3.63, 3.8) is 0 Å².